The zero-order valence-electron chi connectivity index (χ0n) is 10.4. The summed E-state index contributed by atoms with van der Waals surface area (Å²) < 4.78 is 1.66. The molecule has 0 spiro atoms. The van der Waals surface area contributed by atoms with Crippen LogP contribution >= 0.6 is 0 Å². The van der Waals surface area contributed by atoms with Crippen molar-refractivity contribution >= 4 is 5.69 Å². The lowest BCUT2D eigenvalue weighted by Crippen LogP contribution is -2.20. The summed E-state index contributed by atoms with van der Waals surface area (Å²) in [6.07, 6.45) is 4.89. The van der Waals surface area contributed by atoms with Crippen molar-refractivity contribution in [2.24, 2.45) is 5.41 Å². The summed E-state index contributed by atoms with van der Waals surface area (Å²) in [5, 5.41) is 7.48. The van der Waals surface area contributed by atoms with E-state index in [1.54, 1.807) is 17.2 Å². The largest absolute Gasteiger partial charge is 0.381 e. The lowest BCUT2D eigenvalue weighted by molar-refractivity contribution is 0.443. The van der Waals surface area contributed by atoms with Gasteiger partial charge in [0.15, 0.2) is 5.82 Å². The third kappa shape index (κ3) is 3.03. The van der Waals surface area contributed by atoms with Crippen molar-refractivity contribution in [2.45, 2.75) is 20.8 Å². The maximum Gasteiger partial charge on any atom is 0.178 e. The Morgan fingerprint density at radius 3 is 2.82 bits per heavy atom. The maximum absolute atomic E-state index is 4.32. The Bertz CT molecular complexity index is 470. The lowest BCUT2D eigenvalue weighted by Gasteiger charge is -2.20. The van der Waals surface area contributed by atoms with Crippen molar-refractivity contribution in [1.82, 2.24) is 19.7 Å². The van der Waals surface area contributed by atoms with Gasteiger partial charge in [0.1, 0.15) is 12.7 Å². The van der Waals surface area contributed by atoms with Crippen LogP contribution in [-0.2, 0) is 0 Å². The summed E-state index contributed by atoms with van der Waals surface area (Å²) in [7, 11) is 0. The van der Waals surface area contributed by atoms with Gasteiger partial charge in [0.05, 0.1) is 5.69 Å². The van der Waals surface area contributed by atoms with Crippen LogP contribution in [0.2, 0.25) is 0 Å². The predicted octanol–water partition coefficient (Wildman–Crippen LogP) is 2.12. The summed E-state index contributed by atoms with van der Waals surface area (Å²) in [6, 6.07) is 3.90. The molecule has 2 aromatic heterocycles. The highest BCUT2D eigenvalue weighted by Gasteiger charge is 2.12. The molecule has 90 valence electrons. The molecular weight excluding hydrogens is 214 g/mol. The second-order valence-electron chi connectivity index (χ2n) is 5.13. The predicted molar refractivity (Wildman–Crippen MR) is 67.1 cm³/mol. The Hall–Kier alpha value is -1.91. The van der Waals surface area contributed by atoms with Crippen LogP contribution in [0.15, 0.2) is 31.0 Å². The highest BCUT2D eigenvalue weighted by Crippen LogP contribution is 2.19. The molecule has 0 unspecified atom stereocenters. The lowest BCUT2D eigenvalue weighted by atomic mass is 9.97. The molecule has 5 heteroatoms. The second-order valence-corrected chi connectivity index (χ2v) is 5.13. The van der Waals surface area contributed by atoms with Gasteiger partial charge in [0.2, 0.25) is 0 Å². The van der Waals surface area contributed by atoms with Crippen LogP contribution in [0.5, 0.6) is 0 Å². The minimum atomic E-state index is 0.218. The van der Waals surface area contributed by atoms with E-state index in [1.807, 2.05) is 12.1 Å². The Balaban J connectivity index is 2.23. The van der Waals surface area contributed by atoms with Crippen molar-refractivity contribution in [3.63, 3.8) is 0 Å². The quantitative estimate of drug-likeness (QED) is 0.879. The van der Waals surface area contributed by atoms with Crippen molar-refractivity contribution in [2.75, 3.05) is 11.9 Å². The number of hydrogen-bond acceptors (Lipinski definition) is 4. The molecule has 2 heterocycles. The van der Waals surface area contributed by atoms with Crippen LogP contribution in [0.3, 0.4) is 0 Å². The SMILES string of the molecule is CC(C)(C)CNc1cccnc1-n1cncn1. The van der Waals surface area contributed by atoms with E-state index >= 15 is 0 Å². The molecule has 0 aromatic carbocycles. The molecule has 0 aliphatic carbocycles. The van der Waals surface area contributed by atoms with Crippen LogP contribution in [0.1, 0.15) is 20.8 Å². The van der Waals surface area contributed by atoms with E-state index in [-0.39, 0.29) is 5.41 Å². The summed E-state index contributed by atoms with van der Waals surface area (Å²) in [5.74, 6) is 0.772. The van der Waals surface area contributed by atoms with Gasteiger partial charge >= 0.3 is 0 Å². The van der Waals surface area contributed by atoms with Crippen LogP contribution in [0, 0.1) is 5.41 Å². The fraction of sp³-hybridized carbons (Fsp3) is 0.417. The molecule has 5 nitrogen and oxygen atoms in total. The van der Waals surface area contributed by atoms with E-state index in [9.17, 15) is 0 Å². The van der Waals surface area contributed by atoms with Crippen LogP contribution in [0.25, 0.3) is 5.82 Å². The first-order chi connectivity index (χ1) is 8.06. The average Bonchev–Trinajstić information content (AvgIpc) is 2.79. The normalized spacial score (nSPS) is 11.5. The fourth-order valence-electron chi connectivity index (χ4n) is 1.40. The average molecular weight is 231 g/mol. The van der Waals surface area contributed by atoms with Gasteiger partial charge < -0.3 is 5.32 Å². The molecule has 0 fully saturated rings. The first kappa shape index (κ1) is 11.6. The highest BCUT2D eigenvalue weighted by atomic mass is 15.3. The molecule has 2 aromatic rings. The molecule has 0 saturated heterocycles. The van der Waals surface area contributed by atoms with Crippen LogP contribution in [-0.4, -0.2) is 26.3 Å². The molecule has 0 amide bonds. The van der Waals surface area contributed by atoms with Gasteiger partial charge in [-0.15, -0.1) is 0 Å². The van der Waals surface area contributed by atoms with E-state index in [1.165, 1.54) is 6.33 Å². The minimum Gasteiger partial charge on any atom is -0.381 e. The fourth-order valence-corrected chi connectivity index (χ4v) is 1.40. The second kappa shape index (κ2) is 4.53. The molecule has 17 heavy (non-hydrogen) atoms. The minimum absolute atomic E-state index is 0.218. The molecular formula is C12H17N5. The summed E-state index contributed by atoms with van der Waals surface area (Å²) in [5.41, 5.74) is 1.18. The van der Waals surface area contributed by atoms with Crippen molar-refractivity contribution < 1.29 is 0 Å². The first-order valence-corrected chi connectivity index (χ1v) is 5.60. The van der Waals surface area contributed by atoms with Gasteiger partial charge in [-0.1, -0.05) is 20.8 Å². The molecule has 0 atom stereocenters. The van der Waals surface area contributed by atoms with Gasteiger partial charge in [-0.25, -0.2) is 14.6 Å². The molecule has 0 radical (unpaired) electrons. The van der Waals surface area contributed by atoms with E-state index in [0.29, 0.717) is 0 Å². The molecule has 0 bridgehead atoms. The van der Waals surface area contributed by atoms with Crippen molar-refractivity contribution in [1.29, 1.82) is 0 Å². The Kier molecular flexibility index (Phi) is 3.08. The van der Waals surface area contributed by atoms with E-state index in [2.05, 4.69) is 41.2 Å². The smallest absolute Gasteiger partial charge is 0.178 e. The zero-order chi connectivity index (χ0) is 12.3. The molecule has 1 N–H and O–H groups in total. The highest BCUT2D eigenvalue weighted by molar-refractivity contribution is 5.56. The number of aromatic nitrogens is 4. The zero-order valence-corrected chi connectivity index (χ0v) is 10.4. The van der Waals surface area contributed by atoms with Gasteiger partial charge in [-0.3, -0.25) is 0 Å². The Labute approximate surface area is 101 Å². The number of nitrogens with zero attached hydrogens (tertiary/aromatic N) is 4. The van der Waals surface area contributed by atoms with E-state index < -0.39 is 0 Å². The first-order valence-electron chi connectivity index (χ1n) is 5.60. The standard InChI is InChI=1S/C12H17N5/c1-12(2,3)7-15-10-5-4-6-14-11(10)17-9-13-8-16-17/h4-6,8-9,15H,7H2,1-3H3. The molecule has 0 aliphatic heterocycles. The Morgan fingerprint density at radius 1 is 1.35 bits per heavy atom. The van der Waals surface area contributed by atoms with E-state index in [0.717, 1.165) is 18.1 Å². The third-order valence-electron chi connectivity index (χ3n) is 2.23. The van der Waals surface area contributed by atoms with Crippen LogP contribution in [0.4, 0.5) is 5.69 Å². The number of anilines is 1. The number of rotatable bonds is 3. The number of hydrogen-bond donors (Lipinski definition) is 1. The third-order valence-corrected chi connectivity index (χ3v) is 2.23. The Morgan fingerprint density at radius 2 is 2.18 bits per heavy atom. The summed E-state index contributed by atoms with van der Waals surface area (Å²) in [6.45, 7) is 7.43. The van der Waals surface area contributed by atoms with Crippen LogP contribution < -0.4 is 5.32 Å². The van der Waals surface area contributed by atoms with Crippen molar-refractivity contribution in [3.05, 3.63) is 31.0 Å². The topological polar surface area (TPSA) is 55.6 Å². The number of pyridine rings is 1. The van der Waals surface area contributed by atoms with E-state index in [4.69, 9.17) is 0 Å². The number of nitrogens with one attached hydrogen (secondary N) is 1. The van der Waals surface area contributed by atoms with Gasteiger partial charge in [-0.05, 0) is 17.5 Å². The molecule has 2 rings (SSSR count). The monoisotopic (exact) mass is 231 g/mol. The van der Waals surface area contributed by atoms with Gasteiger partial charge in [0, 0.05) is 12.7 Å². The maximum atomic E-state index is 4.32. The van der Waals surface area contributed by atoms with Gasteiger partial charge in [0.25, 0.3) is 0 Å². The summed E-state index contributed by atoms with van der Waals surface area (Å²) >= 11 is 0. The van der Waals surface area contributed by atoms with Gasteiger partial charge in [-0.2, -0.15) is 5.10 Å². The van der Waals surface area contributed by atoms with Crippen molar-refractivity contribution in [3.8, 4) is 5.82 Å². The summed E-state index contributed by atoms with van der Waals surface area (Å²) in [4.78, 5) is 8.25. The molecule has 0 aliphatic rings. The molecule has 0 saturated carbocycles.